The highest BCUT2D eigenvalue weighted by Crippen LogP contribution is 2.24. The molecule has 1 aromatic carbocycles. The van der Waals surface area contributed by atoms with Crippen LogP contribution in [-0.4, -0.2) is 35.0 Å². The van der Waals surface area contributed by atoms with E-state index < -0.39 is 16.6 Å². The number of rotatable bonds is 4. The largest absolute Gasteiger partial charge is 0.435 e. The van der Waals surface area contributed by atoms with Gasteiger partial charge in [-0.05, 0) is 24.3 Å². The van der Waals surface area contributed by atoms with Crippen LogP contribution in [0.3, 0.4) is 0 Å². The number of aromatic nitrogens is 2. The second kappa shape index (κ2) is 5.86. The first-order chi connectivity index (χ1) is 11.3. The van der Waals surface area contributed by atoms with E-state index in [4.69, 9.17) is 0 Å². The summed E-state index contributed by atoms with van der Waals surface area (Å²) in [6, 6.07) is 4.63. The van der Waals surface area contributed by atoms with Crippen LogP contribution in [-0.2, 0) is 27.9 Å². The number of carbonyl (C=O) groups is 1. The molecule has 1 aliphatic heterocycles. The zero-order chi connectivity index (χ0) is 17.5. The van der Waals surface area contributed by atoms with Crippen molar-refractivity contribution in [3.63, 3.8) is 0 Å². The number of ether oxygens (including phenoxy) is 1. The number of hydrogen-bond donors (Lipinski definition) is 0. The van der Waals surface area contributed by atoms with E-state index in [1.807, 2.05) is 0 Å². The van der Waals surface area contributed by atoms with Gasteiger partial charge in [0.1, 0.15) is 5.75 Å². The summed E-state index contributed by atoms with van der Waals surface area (Å²) in [7, 11) is -3.94. The van der Waals surface area contributed by atoms with Gasteiger partial charge in [-0.15, -0.1) is 0 Å². The first-order valence-corrected chi connectivity index (χ1v) is 8.35. The average molecular weight is 357 g/mol. The van der Waals surface area contributed by atoms with Gasteiger partial charge in [0, 0.05) is 25.2 Å². The van der Waals surface area contributed by atoms with E-state index in [2.05, 4.69) is 9.84 Å². The van der Waals surface area contributed by atoms with Gasteiger partial charge in [0.05, 0.1) is 17.1 Å². The molecule has 2 heterocycles. The van der Waals surface area contributed by atoms with Crippen molar-refractivity contribution >= 4 is 15.9 Å². The molecular weight excluding hydrogens is 344 g/mol. The Morgan fingerprint density at radius 2 is 1.92 bits per heavy atom. The van der Waals surface area contributed by atoms with Gasteiger partial charge in [-0.2, -0.15) is 26.4 Å². The maximum atomic E-state index is 12.5. The summed E-state index contributed by atoms with van der Waals surface area (Å²) in [5, 5.41) is 4.03. The van der Waals surface area contributed by atoms with Gasteiger partial charge in [0.15, 0.2) is 0 Å². The molecule has 0 unspecified atom stereocenters. The minimum absolute atomic E-state index is 0.103. The second-order valence-corrected chi connectivity index (χ2v) is 7.00. The molecular formula is C14H13F2N3O4S. The Morgan fingerprint density at radius 3 is 2.46 bits per heavy atom. The number of carbonyl (C=O) groups excluding carboxylic acids is 1. The van der Waals surface area contributed by atoms with Gasteiger partial charge in [-0.25, -0.2) is 0 Å². The molecule has 7 nitrogen and oxygen atoms in total. The van der Waals surface area contributed by atoms with Crippen LogP contribution in [0, 0.1) is 0 Å². The van der Waals surface area contributed by atoms with Gasteiger partial charge < -0.3 is 9.64 Å². The zero-order valence-electron chi connectivity index (χ0n) is 12.5. The predicted octanol–water partition coefficient (Wildman–Crippen LogP) is 1.58. The SMILES string of the molecule is CC(=O)N1Cc2cn(S(=O)(=O)c3ccc(OC(F)F)cc3)nc2C1. The Morgan fingerprint density at radius 1 is 1.25 bits per heavy atom. The smallest absolute Gasteiger partial charge is 0.387 e. The lowest BCUT2D eigenvalue weighted by Crippen LogP contribution is -2.23. The molecule has 1 amide bonds. The lowest BCUT2D eigenvalue weighted by molar-refractivity contribution is -0.129. The molecule has 128 valence electrons. The Kier molecular flexibility index (Phi) is 3.99. The fraction of sp³-hybridized carbons (Fsp3) is 0.286. The summed E-state index contributed by atoms with van der Waals surface area (Å²) in [5.41, 5.74) is 1.18. The summed E-state index contributed by atoms with van der Waals surface area (Å²) in [5.74, 6) is -0.249. The molecule has 1 aliphatic rings. The first kappa shape index (κ1) is 16.4. The van der Waals surface area contributed by atoms with Crippen LogP contribution in [0.2, 0.25) is 0 Å². The van der Waals surface area contributed by atoms with Crippen LogP contribution in [0.25, 0.3) is 0 Å². The van der Waals surface area contributed by atoms with Crippen molar-refractivity contribution in [1.29, 1.82) is 0 Å². The third kappa shape index (κ3) is 2.96. The van der Waals surface area contributed by atoms with Gasteiger partial charge >= 0.3 is 6.61 Å². The number of alkyl halides is 2. The van der Waals surface area contributed by atoms with E-state index in [0.29, 0.717) is 17.8 Å². The van der Waals surface area contributed by atoms with Crippen molar-refractivity contribution < 1.29 is 26.7 Å². The molecule has 0 radical (unpaired) electrons. The molecule has 24 heavy (non-hydrogen) atoms. The third-order valence-corrected chi connectivity index (χ3v) is 5.14. The van der Waals surface area contributed by atoms with Crippen LogP contribution in [0.5, 0.6) is 5.75 Å². The van der Waals surface area contributed by atoms with Crippen molar-refractivity contribution in [3.8, 4) is 5.75 Å². The van der Waals surface area contributed by atoms with E-state index in [-0.39, 0.29) is 23.1 Å². The third-order valence-electron chi connectivity index (χ3n) is 3.60. The lowest BCUT2D eigenvalue weighted by atomic mass is 10.3. The Labute approximate surface area is 136 Å². The maximum absolute atomic E-state index is 12.5. The molecule has 0 fully saturated rings. The molecule has 3 rings (SSSR count). The fourth-order valence-corrected chi connectivity index (χ4v) is 3.54. The molecule has 0 saturated carbocycles. The summed E-state index contributed by atoms with van der Waals surface area (Å²) < 4.78 is 54.3. The minimum Gasteiger partial charge on any atom is -0.435 e. The molecule has 10 heteroatoms. The minimum atomic E-state index is -3.94. The molecule has 0 atom stereocenters. The maximum Gasteiger partial charge on any atom is 0.387 e. The highest BCUT2D eigenvalue weighted by molar-refractivity contribution is 7.89. The monoisotopic (exact) mass is 357 g/mol. The van der Waals surface area contributed by atoms with E-state index in [1.54, 1.807) is 4.90 Å². The van der Waals surface area contributed by atoms with E-state index in [9.17, 15) is 22.0 Å². The van der Waals surface area contributed by atoms with Crippen molar-refractivity contribution in [3.05, 3.63) is 41.7 Å². The van der Waals surface area contributed by atoms with Crippen LogP contribution in [0.4, 0.5) is 8.78 Å². The highest BCUT2D eigenvalue weighted by atomic mass is 32.2. The molecule has 0 N–H and O–H groups in total. The number of hydrogen-bond acceptors (Lipinski definition) is 5. The highest BCUT2D eigenvalue weighted by Gasteiger charge is 2.28. The molecule has 0 spiro atoms. The summed E-state index contributed by atoms with van der Waals surface area (Å²) in [4.78, 5) is 12.8. The van der Waals surface area contributed by atoms with Gasteiger partial charge in [-0.3, -0.25) is 4.79 Å². The Bertz CT molecular complexity index is 854. The molecule has 2 aromatic rings. The van der Waals surface area contributed by atoms with E-state index >= 15 is 0 Å². The standard InChI is InChI=1S/C14H13F2N3O4S/c1-9(20)18-6-10-7-19(17-13(10)8-18)24(21,22)12-4-2-11(3-5-12)23-14(15)16/h2-5,7,14H,6,8H2,1H3. The van der Waals surface area contributed by atoms with Crippen molar-refractivity contribution in [2.75, 3.05) is 0 Å². The molecule has 0 saturated heterocycles. The topological polar surface area (TPSA) is 81.5 Å². The van der Waals surface area contributed by atoms with Crippen LogP contribution < -0.4 is 4.74 Å². The summed E-state index contributed by atoms with van der Waals surface area (Å²) >= 11 is 0. The molecule has 0 bridgehead atoms. The van der Waals surface area contributed by atoms with E-state index in [1.165, 1.54) is 25.3 Å². The quantitative estimate of drug-likeness (QED) is 0.830. The van der Waals surface area contributed by atoms with Gasteiger partial charge in [0.25, 0.3) is 10.0 Å². The summed E-state index contributed by atoms with van der Waals surface area (Å²) in [6.07, 6.45) is 1.36. The fourth-order valence-electron chi connectivity index (χ4n) is 2.37. The van der Waals surface area contributed by atoms with Crippen LogP contribution in [0.15, 0.2) is 35.4 Å². The Balaban J connectivity index is 1.85. The zero-order valence-corrected chi connectivity index (χ0v) is 13.3. The lowest BCUT2D eigenvalue weighted by Gasteiger charge is -2.12. The number of benzene rings is 1. The van der Waals surface area contributed by atoms with Gasteiger partial charge in [-0.1, -0.05) is 0 Å². The second-order valence-electron chi connectivity index (χ2n) is 5.20. The average Bonchev–Trinajstić information content (AvgIpc) is 3.06. The number of amides is 1. The normalized spacial score (nSPS) is 14.1. The molecule has 1 aromatic heterocycles. The van der Waals surface area contributed by atoms with E-state index in [0.717, 1.165) is 16.2 Å². The first-order valence-electron chi connectivity index (χ1n) is 6.91. The summed E-state index contributed by atoms with van der Waals surface area (Å²) in [6.45, 7) is -0.985. The number of halogens is 2. The number of fused-ring (bicyclic) bond motifs is 1. The van der Waals surface area contributed by atoms with Crippen molar-refractivity contribution in [1.82, 2.24) is 14.1 Å². The number of nitrogens with zero attached hydrogens (tertiary/aromatic N) is 3. The van der Waals surface area contributed by atoms with Gasteiger partial charge in [0.2, 0.25) is 5.91 Å². The van der Waals surface area contributed by atoms with Crippen LogP contribution in [0.1, 0.15) is 18.2 Å². The van der Waals surface area contributed by atoms with Crippen LogP contribution >= 0.6 is 0 Å². The van der Waals surface area contributed by atoms with Crippen molar-refractivity contribution in [2.45, 2.75) is 31.5 Å². The Hall–Kier alpha value is -2.49. The predicted molar refractivity (Wildman–Crippen MR) is 77.8 cm³/mol. The van der Waals surface area contributed by atoms with Crippen molar-refractivity contribution in [2.24, 2.45) is 0 Å². The molecule has 0 aliphatic carbocycles.